The number of hydrogen-bond acceptors (Lipinski definition) is 3. The zero-order valence-corrected chi connectivity index (χ0v) is 29.9. The van der Waals surface area contributed by atoms with Gasteiger partial charge in [0, 0.05) is 27.9 Å². The number of rotatable bonds is 4. The largest absolute Gasteiger partial charge is 0.456 e. The standard InChI is InChI=1S/C45H48N2O/c1-29-24-33(28-34(25-29)47-37-18-11-10-17-36(37)44(7)22-13-14-23-45(44,47)8)46(42-30(2)26-32(27-31(42)3)43(4,5)6)38-19-15-21-40-41(38)35-16-9-12-20-39(35)48-40/h9-12,15-21,24-28H,13-14,22-23H2,1-8H3. The summed E-state index contributed by atoms with van der Waals surface area (Å²) >= 11 is 0. The SMILES string of the molecule is Cc1cc(N(c2c(C)cc(C(C)(C)C)cc2C)c2cccc3oc4ccccc4c23)cc(N2c3ccccc3C3(C)CCCCC23C)c1. The lowest BCUT2D eigenvalue weighted by Crippen LogP contribution is -2.54. The smallest absolute Gasteiger partial charge is 0.137 e. The molecule has 3 nitrogen and oxygen atoms in total. The third-order valence-electron chi connectivity index (χ3n) is 11.8. The monoisotopic (exact) mass is 632 g/mol. The van der Waals surface area contributed by atoms with Crippen molar-refractivity contribution in [3.8, 4) is 0 Å². The van der Waals surface area contributed by atoms with E-state index in [4.69, 9.17) is 4.42 Å². The number of hydrogen-bond donors (Lipinski definition) is 0. The number of benzene rings is 5. The molecule has 1 saturated carbocycles. The lowest BCUT2D eigenvalue weighted by Gasteiger charge is -2.50. The van der Waals surface area contributed by atoms with Gasteiger partial charge in [-0.3, -0.25) is 0 Å². The van der Waals surface area contributed by atoms with E-state index in [1.54, 1.807) is 0 Å². The summed E-state index contributed by atoms with van der Waals surface area (Å²) in [7, 11) is 0. The maximum atomic E-state index is 6.46. The molecule has 0 amide bonds. The van der Waals surface area contributed by atoms with Crippen LogP contribution >= 0.6 is 0 Å². The van der Waals surface area contributed by atoms with Crippen molar-refractivity contribution in [1.82, 2.24) is 0 Å². The van der Waals surface area contributed by atoms with E-state index < -0.39 is 0 Å². The normalized spacial score (nSPS) is 20.7. The molecule has 2 aliphatic rings. The fourth-order valence-corrected chi connectivity index (χ4v) is 9.18. The van der Waals surface area contributed by atoms with Crippen molar-refractivity contribution < 1.29 is 4.42 Å². The Morgan fingerprint density at radius 2 is 1.42 bits per heavy atom. The summed E-state index contributed by atoms with van der Waals surface area (Å²) in [6.45, 7) is 18.8. The molecule has 2 atom stereocenters. The van der Waals surface area contributed by atoms with Crippen LogP contribution in [0.25, 0.3) is 21.9 Å². The van der Waals surface area contributed by atoms with Crippen LogP contribution in [0.3, 0.4) is 0 Å². The second-order valence-corrected chi connectivity index (χ2v) is 16.0. The number of fused-ring (bicyclic) bond motifs is 6. The van der Waals surface area contributed by atoms with Crippen molar-refractivity contribution in [1.29, 1.82) is 0 Å². The molecule has 48 heavy (non-hydrogen) atoms. The highest BCUT2D eigenvalue weighted by molar-refractivity contribution is 6.13. The highest BCUT2D eigenvalue weighted by Crippen LogP contribution is 2.61. The molecule has 1 aliphatic heterocycles. The molecule has 3 heteroatoms. The van der Waals surface area contributed by atoms with E-state index in [1.165, 1.54) is 76.3 Å². The predicted octanol–water partition coefficient (Wildman–Crippen LogP) is 13.0. The summed E-state index contributed by atoms with van der Waals surface area (Å²) < 4.78 is 6.46. The maximum Gasteiger partial charge on any atom is 0.137 e. The number of anilines is 5. The van der Waals surface area contributed by atoms with Crippen molar-refractivity contribution in [2.45, 2.75) is 97.4 Å². The number of furan rings is 1. The first-order chi connectivity index (χ1) is 22.9. The Bertz CT molecular complexity index is 2190. The summed E-state index contributed by atoms with van der Waals surface area (Å²) in [5, 5.41) is 2.29. The second-order valence-electron chi connectivity index (χ2n) is 16.0. The lowest BCUT2D eigenvalue weighted by molar-refractivity contribution is 0.195. The number of para-hydroxylation sites is 2. The van der Waals surface area contributed by atoms with Gasteiger partial charge < -0.3 is 14.2 Å². The van der Waals surface area contributed by atoms with Crippen molar-refractivity contribution in [3.63, 3.8) is 0 Å². The average molecular weight is 633 g/mol. The van der Waals surface area contributed by atoms with Gasteiger partial charge in [0.05, 0.1) is 22.3 Å². The number of aryl methyl sites for hydroxylation is 3. The van der Waals surface area contributed by atoms with Crippen molar-refractivity contribution >= 4 is 50.4 Å². The van der Waals surface area contributed by atoms with Crippen LogP contribution in [0.1, 0.15) is 88.1 Å². The van der Waals surface area contributed by atoms with Crippen LogP contribution in [-0.4, -0.2) is 5.54 Å². The first kappa shape index (κ1) is 30.8. The van der Waals surface area contributed by atoms with Crippen molar-refractivity contribution in [2.75, 3.05) is 9.80 Å². The van der Waals surface area contributed by atoms with Gasteiger partial charge in [-0.05, 0) is 116 Å². The van der Waals surface area contributed by atoms with E-state index in [-0.39, 0.29) is 16.4 Å². The Hall–Kier alpha value is -4.50. The molecule has 0 saturated heterocycles. The number of nitrogens with zero attached hydrogens (tertiary/aromatic N) is 2. The van der Waals surface area contributed by atoms with Crippen molar-refractivity contribution in [2.24, 2.45) is 0 Å². The van der Waals surface area contributed by atoms with Crippen LogP contribution in [0.15, 0.2) is 101 Å². The van der Waals surface area contributed by atoms with Crippen molar-refractivity contribution in [3.05, 3.63) is 125 Å². The summed E-state index contributed by atoms with van der Waals surface area (Å²) in [5.41, 5.74) is 14.8. The van der Waals surface area contributed by atoms with E-state index in [2.05, 4.69) is 162 Å². The molecule has 5 aromatic carbocycles. The molecule has 0 bridgehead atoms. The van der Waals surface area contributed by atoms with Gasteiger partial charge in [-0.15, -0.1) is 0 Å². The van der Waals surface area contributed by atoms with Gasteiger partial charge in [0.25, 0.3) is 0 Å². The predicted molar refractivity (Wildman–Crippen MR) is 204 cm³/mol. The third kappa shape index (κ3) is 4.46. The highest BCUT2D eigenvalue weighted by atomic mass is 16.3. The molecule has 0 N–H and O–H groups in total. The first-order valence-corrected chi connectivity index (χ1v) is 17.7. The molecule has 0 spiro atoms. The molecule has 2 unspecified atom stereocenters. The molecule has 244 valence electrons. The van der Waals surface area contributed by atoms with Crippen LogP contribution in [0.2, 0.25) is 0 Å². The maximum absolute atomic E-state index is 6.46. The molecule has 1 aromatic heterocycles. The Balaban J connectivity index is 1.41. The molecule has 1 fully saturated rings. The third-order valence-corrected chi connectivity index (χ3v) is 11.8. The summed E-state index contributed by atoms with van der Waals surface area (Å²) in [5.74, 6) is 0. The molecular weight excluding hydrogens is 585 g/mol. The minimum atomic E-state index is -0.00814. The van der Waals surface area contributed by atoms with Gasteiger partial charge >= 0.3 is 0 Å². The molecule has 6 aromatic rings. The van der Waals surface area contributed by atoms with Gasteiger partial charge in [0.15, 0.2) is 0 Å². The summed E-state index contributed by atoms with van der Waals surface area (Å²) in [6, 6.07) is 36.2. The van der Waals surface area contributed by atoms with E-state index in [9.17, 15) is 0 Å². The lowest BCUT2D eigenvalue weighted by atomic mass is 9.61. The van der Waals surface area contributed by atoms with Gasteiger partial charge in [-0.1, -0.05) is 95.1 Å². The van der Waals surface area contributed by atoms with Gasteiger partial charge in [-0.2, -0.15) is 0 Å². The second kappa shape index (κ2) is 10.8. The topological polar surface area (TPSA) is 19.6 Å². The first-order valence-electron chi connectivity index (χ1n) is 17.7. The molecule has 1 aliphatic carbocycles. The average Bonchev–Trinajstić information content (AvgIpc) is 3.52. The molecule has 0 radical (unpaired) electrons. The minimum Gasteiger partial charge on any atom is -0.456 e. The fraction of sp³-hybridized carbons (Fsp3) is 0.333. The Labute approximate surface area is 286 Å². The van der Waals surface area contributed by atoms with Crippen LogP contribution in [0.5, 0.6) is 0 Å². The van der Waals surface area contributed by atoms with Crippen LogP contribution in [-0.2, 0) is 10.8 Å². The van der Waals surface area contributed by atoms with E-state index in [0.29, 0.717) is 0 Å². The Morgan fingerprint density at radius 1 is 0.729 bits per heavy atom. The minimum absolute atomic E-state index is 0.00814. The van der Waals surface area contributed by atoms with Gasteiger partial charge in [-0.25, -0.2) is 0 Å². The Morgan fingerprint density at radius 3 is 2.19 bits per heavy atom. The van der Waals surface area contributed by atoms with Crippen LogP contribution < -0.4 is 9.80 Å². The Kier molecular flexibility index (Phi) is 6.90. The summed E-state index contributed by atoms with van der Waals surface area (Å²) in [6.07, 6.45) is 4.94. The quantitative estimate of drug-likeness (QED) is 0.193. The van der Waals surface area contributed by atoms with E-state index in [1.807, 2.05) is 0 Å². The molecular formula is C45H48N2O. The van der Waals surface area contributed by atoms with E-state index >= 15 is 0 Å². The summed E-state index contributed by atoms with van der Waals surface area (Å²) in [4.78, 5) is 5.22. The fourth-order valence-electron chi connectivity index (χ4n) is 9.18. The van der Waals surface area contributed by atoms with Gasteiger partial charge in [0.1, 0.15) is 11.2 Å². The van der Waals surface area contributed by atoms with Crippen LogP contribution in [0.4, 0.5) is 28.4 Å². The molecule has 8 rings (SSSR count). The highest BCUT2D eigenvalue weighted by Gasteiger charge is 2.57. The zero-order chi connectivity index (χ0) is 33.6. The van der Waals surface area contributed by atoms with E-state index in [0.717, 1.165) is 27.6 Å². The molecule has 2 heterocycles. The van der Waals surface area contributed by atoms with Crippen LogP contribution in [0, 0.1) is 20.8 Å². The zero-order valence-electron chi connectivity index (χ0n) is 29.9. The van der Waals surface area contributed by atoms with Gasteiger partial charge in [0.2, 0.25) is 0 Å².